The molecule has 0 bridgehead atoms. The average molecular weight is 290 g/mol. The lowest BCUT2D eigenvalue weighted by Gasteiger charge is -2.28. The molecule has 2 unspecified atom stereocenters. The van der Waals surface area contributed by atoms with Crippen molar-refractivity contribution >= 4 is 11.8 Å². The third-order valence-electron chi connectivity index (χ3n) is 3.70. The van der Waals surface area contributed by atoms with Crippen molar-refractivity contribution in [1.82, 2.24) is 9.80 Å². The fourth-order valence-corrected chi connectivity index (χ4v) is 2.80. The van der Waals surface area contributed by atoms with Crippen molar-refractivity contribution in [1.29, 1.82) is 0 Å². The van der Waals surface area contributed by atoms with Gasteiger partial charge < -0.3 is 9.80 Å². The smallest absolute Gasteiger partial charge is 0.227 e. The van der Waals surface area contributed by atoms with E-state index in [1.54, 1.807) is 30.8 Å². The van der Waals surface area contributed by atoms with Crippen LogP contribution in [0.25, 0.3) is 0 Å². The highest BCUT2D eigenvalue weighted by Crippen LogP contribution is 2.38. The zero-order valence-corrected chi connectivity index (χ0v) is 13.7. The molecule has 1 aliphatic heterocycles. The lowest BCUT2D eigenvalue weighted by atomic mass is 9.92. The van der Waals surface area contributed by atoms with Gasteiger partial charge in [-0.25, -0.2) is 0 Å². The summed E-state index contributed by atoms with van der Waals surface area (Å²) in [5.74, 6) is -0.0122. The van der Waals surface area contributed by atoms with Gasteiger partial charge in [-0.05, 0) is 12.0 Å². The second kappa shape index (κ2) is 7.81. The summed E-state index contributed by atoms with van der Waals surface area (Å²) in [7, 11) is 3.53. The summed E-state index contributed by atoms with van der Waals surface area (Å²) < 4.78 is 0. The van der Waals surface area contributed by atoms with Gasteiger partial charge in [-0.3, -0.25) is 9.59 Å². The predicted molar refractivity (Wildman–Crippen MR) is 84.7 cm³/mol. The standard InChI is InChI=1S/C15H20N2O2.C2H6/c1-11(18)17-10-9-13(15(19)16(2)3)14(17)12-7-5-4-6-8-12;1-2/h4-8,13-14H,9-10H2,1-3H3;1-2H3. The van der Waals surface area contributed by atoms with Gasteiger partial charge in [-0.1, -0.05) is 44.2 Å². The Hall–Kier alpha value is -1.84. The number of hydrogen-bond donors (Lipinski definition) is 0. The van der Waals surface area contributed by atoms with Gasteiger partial charge in [0.1, 0.15) is 0 Å². The molecule has 2 rings (SSSR count). The van der Waals surface area contributed by atoms with Crippen LogP contribution in [0, 0.1) is 5.92 Å². The van der Waals surface area contributed by atoms with E-state index in [4.69, 9.17) is 0 Å². The van der Waals surface area contributed by atoms with E-state index in [1.165, 1.54) is 0 Å². The third kappa shape index (κ3) is 3.84. The minimum Gasteiger partial charge on any atom is -0.349 e. The zero-order chi connectivity index (χ0) is 16.0. The molecule has 1 fully saturated rings. The summed E-state index contributed by atoms with van der Waals surface area (Å²) in [6.45, 7) is 6.22. The van der Waals surface area contributed by atoms with Crippen molar-refractivity contribution in [2.24, 2.45) is 5.92 Å². The Morgan fingerprint density at radius 2 is 1.71 bits per heavy atom. The first-order valence-electron chi connectivity index (χ1n) is 7.55. The minimum absolute atomic E-state index is 0.0305. The number of carbonyl (C=O) groups is 2. The van der Waals surface area contributed by atoms with Gasteiger partial charge in [-0.15, -0.1) is 0 Å². The van der Waals surface area contributed by atoms with Crippen LogP contribution >= 0.6 is 0 Å². The van der Waals surface area contributed by atoms with Gasteiger partial charge in [0.15, 0.2) is 0 Å². The van der Waals surface area contributed by atoms with E-state index in [2.05, 4.69) is 0 Å². The first-order chi connectivity index (χ1) is 10.0. The topological polar surface area (TPSA) is 40.6 Å². The Morgan fingerprint density at radius 3 is 2.19 bits per heavy atom. The van der Waals surface area contributed by atoms with Gasteiger partial charge in [0.25, 0.3) is 0 Å². The average Bonchev–Trinajstić information content (AvgIpc) is 2.94. The Kier molecular flexibility index (Phi) is 6.40. The molecule has 0 aliphatic carbocycles. The maximum Gasteiger partial charge on any atom is 0.227 e. The van der Waals surface area contributed by atoms with Crippen LogP contribution in [0.1, 0.15) is 38.8 Å². The summed E-state index contributed by atoms with van der Waals surface area (Å²) in [6, 6.07) is 9.68. The lowest BCUT2D eigenvalue weighted by molar-refractivity contribution is -0.135. The number of hydrogen-bond acceptors (Lipinski definition) is 2. The minimum atomic E-state index is -0.138. The molecule has 2 amide bonds. The summed E-state index contributed by atoms with van der Waals surface area (Å²) in [5.41, 5.74) is 1.04. The third-order valence-corrected chi connectivity index (χ3v) is 3.70. The Morgan fingerprint density at radius 1 is 1.14 bits per heavy atom. The molecular weight excluding hydrogens is 264 g/mol. The first kappa shape index (κ1) is 17.2. The van der Waals surface area contributed by atoms with Crippen molar-refractivity contribution in [3.8, 4) is 0 Å². The number of likely N-dealkylation sites (tertiary alicyclic amines) is 1. The fraction of sp³-hybridized carbons (Fsp3) is 0.529. The zero-order valence-electron chi connectivity index (χ0n) is 13.7. The van der Waals surface area contributed by atoms with Crippen molar-refractivity contribution in [3.63, 3.8) is 0 Å². The molecular formula is C17H26N2O2. The predicted octanol–water partition coefficient (Wildman–Crippen LogP) is 2.71. The molecule has 0 spiro atoms. The molecule has 0 aromatic heterocycles. The van der Waals surface area contributed by atoms with Gasteiger partial charge in [0.2, 0.25) is 11.8 Å². The van der Waals surface area contributed by atoms with Crippen molar-refractivity contribution in [2.45, 2.75) is 33.2 Å². The highest BCUT2D eigenvalue weighted by atomic mass is 16.2. The molecule has 1 saturated heterocycles. The van der Waals surface area contributed by atoms with Crippen LogP contribution < -0.4 is 0 Å². The van der Waals surface area contributed by atoms with Crippen LogP contribution in [-0.2, 0) is 9.59 Å². The summed E-state index contributed by atoms with van der Waals surface area (Å²) in [5, 5.41) is 0. The molecule has 0 radical (unpaired) electrons. The van der Waals surface area contributed by atoms with Crippen LogP contribution in [0.5, 0.6) is 0 Å². The van der Waals surface area contributed by atoms with E-state index in [0.29, 0.717) is 6.54 Å². The number of carbonyl (C=O) groups excluding carboxylic acids is 2. The van der Waals surface area contributed by atoms with Gasteiger partial charge >= 0.3 is 0 Å². The Labute approximate surface area is 127 Å². The van der Waals surface area contributed by atoms with E-state index in [-0.39, 0.29) is 23.8 Å². The molecule has 4 heteroatoms. The Balaban J connectivity index is 0.00000106. The van der Waals surface area contributed by atoms with Gasteiger partial charge in [0, 0.05) is 27.6 Å². The normalized spacial score (nSPS) is 20.5. The largest absolute Gasteiger partial charge is 0.349 e. The number of rotatable bonds is 2. The van der Waals surface area contributed by atoms with E-state index in [0.717, 1.165) is 12.0 Å². The maximum atomic E-state index is 12.3. The lowest BCUT2D eigenvalue weighted by Crippen LogP contribution is -2.36. The molecule has 1 heterocycles. The first-order valence-corrected chi connectivity index (χ1v) is 7.55. The Bertz CT molecular complexity index is 471. The summed E-state index contributed by atoms with van der Waals surface area (Å²) >= 11 is 0. The van der Waals surface area contributed by atoms with Crippen molar-refractivity contribution in [3.05, 3.63) is 35.9 Å². The monoisotopic (exact) mass is 290 g/mol. The molecule has 1 aromatic carbocycles. The molecule has 1 aromatic rings. The highest BCUT2D eigenvalue weighted by Gasteiger charge is 2.41. The SMILES string of the molecule is CC.CC(=O)N1CCC(C(=O)N(C)C)C1c1ccccc1. The summed E-state index contributed by atoms with van der Waals surface area (Å²) in [6.07, 6.45) is 0.732. The molecule has 0 N–H and O–H groups in total. The number of nitrogens with zero attached hydrogens (tertiary/aromatic N) is 2. The van der Waals surface area contributed by atoms with E-state index in [9.17, 15) is 9.59 Å². The number of amides is 2. The van der Waals surface area contributed by atoms with Crippen LogP contribution in [0.2, 0.25) is 0 Å². The van der Waals surface area contributed by atoms with E-state index >= 15 is 0 Å². The van der Waals surface area contributed by atoms with Crippen molar-refractivity contribution in [2.75, 3.05) is 20.6 Å². The highest BCUT2D eigenvalue weighted by molar-refractivity contribution is 5.82. The second-order valence-electron chi connectivity index (χ2n) is 5.20. The summed E-state index contributed by atoms with van der Waals surface area (Å²) in [4.78, 5) is 27.5. The van der Waals surface area contributed by atoms with E-state index < -0.39 is 0 Å². The van der Waals surface area contributed by atoms with Crippen LogP contribution in [-0.4, -0.2) is 42.3 Å². The van der Waals surface area contributed by atoms with Gasteiger partial charge in [-0.2, -0.15) is 0 Å². The molecule has 2 atom stereocenters. The van der Waals surface area contributed by atoms with Gasteiger partial charge in [0.05, 0.1) is 12.0 Å². The molecule has 4 nitrogen and oxygen atoms in total. The van der Waals surface area contributed by atoms with Crippen LogP contribution in [0.4, 0.5) is 0 Å². The molecule has 1 aliphatic rings. The maximum absolute atomic E-state index is 12.3. The molecule has 116 valence electrons. The quantitative estimate of drug-likeness (QED) is 0.840. The van der Waals surface area contributed by atoms with Crippen LogP contribution in [0.15, 0.2) is 30.3 Å². The second-order valence-corrected chi connectivity index (χ2v) is 5.20. The fourth-order valence-electron chi connectivity index (χ4n) is 2.80. The molecule has 0 saturated carbocycles. The van der Waals surface area contributed by atoms with E-state index in [1.807, 2.05) is 44.2 Å². The van der Waals surface area contributed by atoms with Crippen molar-refractivity contribution < 1.29 is 9.59 Å². The molecule has 21 heavy (non-hydrogen) atoms. The van der Waals surface area contributed by atoms with Crippen LogP contribution in [0.3, 0.4) is 0 Å². The number of benzene rings is 1.